The normalized spacial score (nSPS) is 10.6. The molecule has 0 fully saturated rings. The van der Waals surface area contributed by atoms with E-state index in [0.29, 0.717) is 0 Å². The van der Waals surface area contributed by atoms with Crippen LogP contribution in [0.1, 0.15) is 12.6 Å². The summed E-state index contributed by atoms with van der Waals surface area (Å²) < 4.78 is 5.19. The fourth-order valence-electron chi connectivity index (χ4n) is 2.30. The van der Waals surface area contributed by atoms with Crippen molar-refractivity contribution in [2.45, 2.75) is 13.3 Å². The molecule has 21 heavy (non-hydrogen) atoms. The third kappa shape index (κ3) is 2.65. The molecule has 3 aromatic rings. The summed E-state index contributed by atoms with van der Waals surface area (Å²) in [5, 5.41) is 0. The Balaban J connectivity index is 2.02. The third-order valence-electron chi connectivity index (χ3n) is 3.45. The molecule has 0 aliphatic carbocycles. The summed E-state index contributed by atoms with van der Waals surface area (Å²) in [6.45, 7) is 2.12. The summed E-state index contributed by atoms with van der Waals surface area (Å²) >= 11 is 0. The van der Waals surface area contributed by atoms with Gasteiger partial charge in [-0.1, -0.05) is 6.92 Å². The lowest BCUT2D eigenvalue weighted by molar-refractivity contribution is 0.415. The van der Waals surface area contributed by atoms with Crippen LogP contribution >= 0.6 is 0 Å². The molecule has 4 nitrogen and oxygen atoms in total. The van der Waals surface area contributed by atoms with Gasteiger partial charge in [0.15, 0.2) is 0 Å². The van der Waals surface area contributed by atoms with Crippen molar-refractivity contribution in [3.8, 4) is 28.4 Å². The Bertz CT molecular complexity index is 718. The molecule has 2 heterocycles. The highest BCUT2D eigenvalue weighted by Gasteiger charge is 2.12. The van der Waals surface area contributed by atoms with Crippen LogP contribution in [0.15, 0.2) is 48.8 Å². The number of nitrogens with zero attached hydrogens (tertiary/aromatic N) is 2. The highest BCUT2D eigenvalue weighted by atomic mass is 16.5. The van der Waals surface area contributed by atoms with Gasteiger partial charge in [-0.15, -0.1) is 0 Å². The standard InChI is InChI=1S/C17H17N3O/c1-3-15-16(12-8-10-18-11-9-12)20-17(19-15)13-4-6-14(21-2)7-5-13/h4-11H,3H2,1-2H3,(H,19,20). The second-order valence-corrected chi connectivity index (χ2v) is 4.73. The number of rotatable bonds is 4. The van der Waals surface area contributed by atoms with Gasteiger partial charge in [0.2, 0.25) is 0 Å². The number of imidazole rings is 1. The molecule has 0 atom stereocenters. The van der Waals surface area contributed by atoms with Gasteiger partial charge in [0, 0.05) is 29.2 Å². The van der Waals surface area contributed by atoms with Gasteiger partial charge < -0.3 is 9.72 Å². The first-order valence-corrected chi connectivity index (χ1v) is 6.95. The Morgan fingerprint density at radius 3 is 2.33 bits per heavy atom. The number of hydrogen-bond acceptors (Lipinski definition) is 3. The van der Waals surface area contributed by atoms with Crippen LogP contribution in [-0.2, 0) is 6.42 Å². The first kappa shape index (κ1) is 13.4. The lowest BCUT2D eigenvalue weighted by Crippen LogP contribution is -1.85. The molecule has 0 spiro atoms. The Kier molecular flexibility index (Phi) is 3.69. The number of methoxy groups -OCH3 is 1. The number of ether oxygens (including phenoxy) is 1. The van der Waals surface area contributed by atoms with Crippen molar-refractivity contribution in [1.29, 1.82) is 0 Å². The summed E-state index contributed by atoms with van der Waals surface area (Å²) in [5.41, 5.74) is 4.25. The van der Waals surface area contributed by atoms with Crippen LogP contribution in [-0.4, -0.2) is 22.1 Å². The minimum absolute atomic E-state index is 0.843. The molecule has 0 bridgehead atoms. The topological polar surface area (TPSA) is 50.8 Å². The van der Waals surface area contributed by atoms with Crippen molar-refractivity contribution in [1.82, 2.24) is 15.0 Å². The minimum atomic E-state index is 0.843. The summed E-state index contributed by atoms with van der Waals surface area (Å²) in [4.78, 5) is 12.2. The van der Waals surface area contributed by atoms with Crippen LogP contribution in [0.3, 0.4) is 0 Å². The van der Waals surface area contributed by atoms with E-state index < -0.39 is 0 Å². The highest BCUT2D eigenvalue weighted by Crippen LogP contribution is 2.27. The zero-order chi connectivity index (χ0) is 14.7. The van der Waals surface area contributed by atoms with Crippen molar-refractivity contribution in [2.75, 3.05) is 7.11 Å². The lowest BCUT2D eigenvalue weighted by atomic mass is 10.1. The van der Waals surface area contributed by atoms with Crippen LogP contribution in [0.25, 0.3) is 22.6 Å². The summed E-state index contributed by atoms with van der Waals surface area (Å²) in [6, 6.07) is 11.9. The van der Waals surface area contributed by atoms with Crippen LogP contribution in [0, 0.1) is 0 Å². The summed E-state index contributed by atoms with van der Waals surface area (Å²) in [5.74, 6) is 1.72. The monoisotopic (exact) mass is 279 g/mol. The molecule has 0 saturated heterocycles. The number of nitrogens with one attached hydrogen (secondary N) is 1. The Labute approximate surface area is 123 Å². The quantitative estimate of drug-likeness (QED) is 0.792. The second-order valence-electron chi connectivity index (χ2n) is 4.73. The molecular formula is C17H17N3O. The van der Waals surface area contributed by atoms with Crippen LogP contribution in [0.2, 0.25) is 0 Å². The molecule has 2 aromatic heterocycles. The molecule has 4 heteroatoms. The number of hydrogen-bond donors (Lipinski definition) is 1. The predicted molar refractivity (Wildman–Crippen MR) is 83.2 cm³/mol. The number of pyridine rings is 1. The Hall–Kier alpha value is -2.62. The number of aromatic amines is 1. The van der Waals surface area contributed by atoms with E-state index in [-0.39, 0.29) is 0 Å². The van der Waals surface area contributed by atoms with Gasteiger partial charge in [0.05, 0.1) is 12.8 Å². The van der Waals surface area contributed by atoms with Crippen LogP contribution in [0.4, 0.5) is 0 Å². The van der Waals surface area contributed by atoms with E-state index in [9.17, 15) is 0 Å². The van der Waals surface area contributed by atoms with Crippen molar-refractivity contribution in [2.24, 2.45) is 0 Å². The average Bonchev–Trinajstić information content (AvgIpc) is 3.00. The van der Waals surface area contributed by atoms with Crippen molar-refractivity contribution >= 4 is 0 Å². The van der Waals surface area contributed by atoms with Crippen molar-refractivity contribution in [3.05, 3.63) is 54.5 Å². The molecular weight excluding hydrogens is 262 g/mol. The zero-order valence-corrected chi connectivity index (χ0v) is 12.1. The molecule has 0 aliphatic heterocycles. The molecule has 0 aliphatic rings. The van der Waals surface area contributed by atoms with E-state index in [1.54, 1.807) is 19.5 Å². The Morgan fingerprint density at radius 2 is 1.71 bits per heavy atom. The molecule has 0 amide bonds. The van der Waals surface area contributed by atoms with Crippen molar-refractivity contribution < 1.29 is 4.74 Å². The summed E-state index contributed by atoms with van der Waals surface area (Å²) in [6.07, 6.45) is 4.48. The second kappa shape index (κ2) is 5.79. The molecule has 0 unspecified atom stereocenters. The minimum Gasteiger partial charge on any atom is -0.497 e. The maximum atomic E-state index is 5.19. The van der Waals surface area contributed by atoms with Crippen LogP contribution in [0.5, 0.6) is 5.75 Å². The van der Waals surface area contributed by atoms with Gasteiger partial charge in [-0.3, -0.25) is 4.98 Å². The molecule has 0 radical (unpaired) electrons. The number of aryl methyl sites for hydroxylation is 1. The van der Waals surface area contributed by atoms with E-state index in [1.807, 2.05) is 36.4 Å². The average molecular weight is 279 g/mol. The van der Waals surface area contributed by atoms with Gasteiger partial charge in [-0.2, -0.15) is 0 Å². The predicted octanol–water partition coefficient (Wildman–Crippen LogP) is 3.71. The maximum Gasteiger partial charge on any atom is 0.138 e. The SMILES string of the molecule is CCc1[nH]c(-c2ccc(OC)cc2)nc1-c1ccncc1. The zero-order valence-electron chi connectivity index (χ0n) is 12.1. The molecule has 106 valence electrons. The Morgan fingerprint density at radius 1 is 1.00 bits per heavy atom. The van der Waals surface area contributed by atoms with Gasteiger partial charge >= 0.3 is 0 Å². The van der Waals surface area contributed by atoms with Crippen LogP contribution < -0.4 is 4.74 Å². The van der Waals surface area contributed by atoms with E-state index in [2.05, 4.69) is 16.9 Å². The van der Waals surface area contributed by atoms with Gasteiger partial charge in [-0.05, 0) is 42.8 Å². The molecule has 1 aromatic carbocycles. The van der Waals surface area contributed by atoms with Gasteiger partial charge in [0.1, 0.15) is 11.6 Å². The first-order valence-electron chi connectivity index (χ1n) is 6.95. The summed E-state index contributed by atoms with van der Waals surface area (Å²) in [7, 11) is 1.67. The van der Waals surface area contributed by atoms with Crippen molar-refractivity contribution in [3.63, 3.8) is 0 Å². The van der Waals surface area contributed by atoms with Gasteiger partial charge in [0.25, 0.3) is 0 Å². The number of H-pyrrole nitrogens is 1. The number of aromatic nitrogens is 3. The lowest BCUT2D eigenvalue weighted by Gasteiger charge is -2.00. The van der Waals surface area contributed by atoms with E-state index in [4.69, 9.17) is 9.72 Å². The smallest absolute Gasteiger partial charge is 0.138 e. The molecule has 0 saturated carbocycles. The first-order chi connectivity index (χ1) is 10.3. The van der Waals surface area contributed by atoms with E-state index in [0.717, 1.165) is 40.5 Å². The maximum absolute atomic E-state index is 5.19. The van der Waals surface area contributed by atoms with E-state index >= 15 is 0 Å². The fourth-order valence-corrected chi connectivity index (χ4v) is 2.30. The third-order valence-corrected chi connectivity index (χ3v) is 3.45. The highest BCUT2D eigenvalue weighted by molar-refractivity contribution is 5.67. The number of benzene rings is 1. The molecule has 1 N–H and O–H groups in total. The van der Waals surface area contributed by atoms with E-state index in [1.165, 1.54) is 0 Å². The van der Waals surface area contributed by atoms with Gasteiger partial charge in [-0.25, -0.2) is 4.98 Å². The largest absolute Gasteiger partial charge is 0.497 e. The molecule has 3 rings (SSSR count). The fraction of sp³-hybridized carbons (Fsp3) is 0.176.